The van der Waals surface area contributed by atoms with Gasteiger partial charge in [-0.25, -0.2) is 0 Å². The molecule has 12 nitrogen and oxygen atoms in total. The van der Waals surface area contributed by atoms with Crippen LogP contribution in [0, 0.1) is 0 Å². The molecule has 1 unspecified atom stereocenters. The zero-order chi connectivity index (χ0) is 39.3. The second-order valence-corrected chi connectivity index (χ2v) is 17.3. The highest BCUT2D eigenvalue weighted by Crippen LogP contribution is 2.43. The lowest BCUT2D eigenvalue weighted by Crippen LogP contribution is -2.54. The molecule has 3 atom stereocenters. The largest absolute Gasteiger partial charge is 0.507 e. The van der Waals surface area contributed by atoms with Crippen LogP contribution in [0.2, 0.25) is 0 Å². The Balaban J connectivity index is 0.726. The van der Waals surface area contributed by atoms with E-state index < -0.39 is 0 Å². The third-order valence-corrected chi connectivity index (χ3v) is 14.0. The van der Waals surface area contributed by atoms with Gasteiger partial charge in [-0.1, -0.05) is 30.3 Å². The molecular weight excluding hydrogens is 729 g/mol. The van der Waals surface area contributed by atoms with Gasteiger partial charge in [0, 0.05) is 80.3 Å². The number of para-hydroxylation sites is 1. The number of carbonyl (C=O) groups excluding carboxylic acids is 2. The number of nitrogens with one attached hydrogen (secondary N) is 1. The summed E-state index contributed by atoms with van der Waals surface area (Å²) >= 11 is 0. The minimum atomic E-state index is -0.247. The normalized spacial score (nSPS) is 26.5. The van der Waals surface area contributed by atoms with E-state index in [0.29, 0.717) is 54.0 Å². The molecule has 1 aliphatic carbocycles. The molecule has 2 bridgehead atoms. The van der Waals surface area contributed by atoms with E-state index in [2.05, 4.69) is 77.6 Å². The fraction of sp³-hybridized carbons (Fsp3) is 0.478. The maximum atomic E-state index is 12.7. The number of nitrogens with two attached hydrogens (primary N) is 1. The number of aromatic hydroxyl groups is 1. The van der Waals surface area contributed by atoms with Crippen molar-refractivity contribution in [2.45, 2.75) is 107 Å². The van der Waals surface area contributed by atoms with Crippen LogP contribution in [0.5, 0.6) is 11.5 Å². The number of aromatic nitrogens is 2. The standard InChI is InChI=1S/C46H54N8O4/c47-45-42(26-39(49-50-45)38-7-1-2-10-43(38)55)52-27-32-15-16-33(28-52)54(32)31-5-3-6-35(25-31)58-34-19-22-51(23-20-34)30-13-11-29(12-14-30)36-8-4-9-40-37(36)21-24-53(40)41-17-18-44(56)48-46(41)57/h1-10,25-26,29-30,32-34,41,55H,11-24,27-28H2,(H2,47,50)(H,48,56,57)/t29-,30-,32-,33+,41?. The topological polar surface area (TPSA) is 140 Å². The van der Waals surface area contributed by atoms with E-state index in [0.717, 1.165) is 76.3 Å². The molecule has 4 N–H and O–H groups in total. The van der Waals surface area contributed by atoms with Crippen molar-refractivity contribution >= 4 is 34.7 Å². The van der Waals surface area contributed by atoms with E-state index in [4.69, 9.17) is 10.5 Å². The highest BCUT2D eigenvalue weighted by molar-refractivity contribution is 6.02. The summed E-state index contributed by atoms with van der Waals surface area (Å²) < 4.78 is 6.70. The van der Waals surface area contributed by atoms with Gasteiger partial charge in [-0.15, -0.1) is 10.2 Å². The molecule has 4 saturated heterocycles. The second-order valence-electron chi connectivity index (χ2n) is 17.3. The van der Waals surface area contributed by atoms with Crippen LogP contribution in [-0.4, -0.2) is 95.0 Å². The fourth-order valence-electron chi connectivity index (χ4n) is 11.2. The zero-order valence-corrected chi connectivity index (χ0v) is 33.1. The maximum Gasteiger partial charge on any atom is 0.249 e. The Kier molecular flexibility index (Phi) is 9.83. The van der Waals surface area contributed by atoms with Crippen LogP contribution < -0.4 is 30.5 Å². The quantitative estimate of drug-likeness (QED) is 0.181. The van der Waals surface area contributed by atoms with Crippen LogP contribution in [-0.2, 0) is 16.0 Å². The first kappa shape index (κ1) is 36.9. The van der Waals surface area contributed by atoms with E-state index in [1.807, 2.05) is 18.2 Å². The molecule has 58 heavy (non-hydrogen) atoms. The molecule has 0 radical (unpaired) electrons. The number of rotatable bonds is 8. The third kappa shape index (κ3) is 6.99. The average molecular weight is 783 g/mol. The molecule has 10 rings (SSSR count). The lowest BCUT2D eigenvalue weighted by molar-refractivity contribution is -0.134. The Morgan fingerprint density at radius 1 is 0.741 bits per heavy atom. The Morgan fingerprint density at radius 3 is 2.28 bits per heavy atom. The number of nitrogens with zero attached hydrogens (tertiary/aromatic N) is 6. The number of anilines is 4. The number of nitrogen functional groups attached to an aromatic ring is 1. The van der Waals surface area contributed by atoms with Crippen molar-refractivity contribution in [1.29, 1.82) is 0 Å². The summed E-state index contributed by atoms with van der Waals surface area (Å²) in [6, 6.07) is 25.6. The van der Waals surface area contributed by atoms with Gasteiger partial charge in [0.15, 0.2) is 5.82 Å². The molecule has 302 valence electrons. The fourth-order valence-corrected chi connectivity index (χ4v) is 11.2. The zero-order valence-electron chi connectivity index (χ0n) is 33.1. The molecular formula is C46H54N8O4. The maximum absolute atomic E-state index is 12.7. The first-order valence-corrected chi connectivity index (χ1v) is 21.5. The van der Waals surface area contributed by atoms with Gasteiger partial charge in [-0.2, -0.15) is 0 Å². The second kappa shape index (κ2) is 15.4. The summed E-state index contributed by atoms with van der Waals surface area (Å²) in [5.74, 6) is 1.81. The first-order chi connectivity index (χ1) is 28.4. The molecule has 5 aliphatic heterocycles. The Hall–Kier alpha value is -5.36. The first-order valence-electron chi connectivity index (χ1n) is 21.5. The summed E-state index contributed by atoms with van der Waals surface area (Å²) in [6.45, 7) is 4.68. The number of ether oxygens (including phenoxy) is 1. The van der Waals surface area contributed by atoms with Crippen LogP contribution in [0.25, 0.3) is 11.3 Å². The van der Waals surface area contributed by atoms with Gasteiger partial charge in [0.2, 0.25) is 11.8 Å². The summed E-state index contributed by atoms with van der Waals surface area (Å²) in [5.41, 5.74) is 13.9. The van der Waals surface area contributed by atoms with Crippen LogP contribution in [0.15, 0.2) is 72.8 Å². The Labute approximate surface area is 340 Å². The number of benzene rings is 3. The number of hydrogen-bond acceptors (Lipinski definition) is 11. The van der Waals surface area contributed by atoms with E-state index in [-0.39, 0.29) is 29.7 Å². The molecule has 6 heterocycles. The van der Waals surface area contributed by atoms with E-state index >= 15 is 0 Å². The molecule has 3 aromatic carbocycles. The number of amides is 2. The number of piperazine rings is 1. The SMILES string of the molecule is Nc1nnc(-c2ccccc2O)cc1N1C[C@H]2CC[C@@H](C1)N2c1cccc(OC2CCN([C@H]3CC[C@H](c4cccc5c4CCN5C4CCC(=O)NC4=O)CC3)CC2)c1. The highest BCUT2D eigenvalue weighted by Gasteiger charge is 2.41. The third-order valence-electron chi connectivity index (χ3n) is 14.0. The summed E-state index contributed by atoms with van der Waals surface area (Å²) in [5, 5.41) is 21.6. The van der Waals surface area contributed by atoms with Crippen LogP contribution in [0.1, 0.15) is 81.3 Å². The lowest BCUT2D eigenvalue weighted by Gasteiger charge is -2.43. The smallest absolute Gasteiger partial charge is 0.249 e. The Bertz CT molecular complexity index is 2170. The molecule has 6 aliphatic rings. The number of fused-ring (bicyclic) bond motifs is 3. The van der Waals surface area contributed by atoms with Crippen molar-refractivity contribution in [3.63, 3.8) is 0 Å². The minimum absolute atomic E-state index is 0.149. The summed E-state index contributed by atoms with van der Waals surface area (Å²) in [6.07, 6.45) is 11.4. The predicted molar refractivity (Wildman–Crippen MR) is 225 cm³/mol. The van der Waals surface area contributed by atoms with E-state index in [1.165, 1.54) is 48.2 Å². The van der Waals surface area contributed by atoms with Gasteiger partial charge in [-0.05, 0) is 118 Å². The van der Waals surface area contributed by atoms with Gasteiger partial charge in [-0.3, -0.25) is 14.9 Å². The van der Waals surface area contributed by atoms with Crippen molar-refractivity contribution in [1.82, 2.24) is 20.4 Å². The predicted octanol–water partition coefficient (Wildman–Crippen LogP) is 6.03. The molecule has 2 amide bonds. The highest BCUT2D eigenvalue weighted by atomic mass is 16.5. The van der Waals surface area contributed by atoms with E-state index in [9.17, 15) is 14.7 Å². The van der Waals surface area contributed by atoms with E-state index in [1.54, 1.807) is 12.1 Å². The summed E-state index contributed by atoms with van der Waals surface area (Å²) in [4.78, 5) is 34.4. The number of phenols is 1. The number of hydrogen-bond donors (Lipinski definition) is 3. The number of carbonyl (C=O) groups is 2. The van der Waals surface area contributed by atoms with Gasteiger partial charge in [0.25, 0.3) is 0 Å². The number of likely N-dealkylation sites (tertiary alicyclic amines) is 1. The lowest BCUT2D eigenvalue weighted by atomic mass is 9.79. The van der Waals surface area contributed by atoms with Crippen LogP contribution in [0.3, 0.4) is 0 Å². The van der Waals surface area contributed by atoms with Gasteiger partial charge < -0.3 is 35.2 Å². The van der Waals surface area contributed by atoms with Crippen molar-refractivity contribution in [2.24, 2.45) is 0 Å². The van der Waals surface area contributed by atoms with Crippen molar-refractivity contribution < 1.29 is 19.4 Å². The summed E-state index contributed by atoms with van der Waals surface area (Å²) in [7, 11) is 0. The molecule has 1 aromatic heterocycles. The van der Waals surface area contributed by atoms with Crippen molar-refractivity contribution in [2.75, 3.05) is 53.2 Å². The van der Waals surface area contributed by atoms with Crippen molar-refractivity contribution in [3.05, 3.63) is 83.9 Å². The van der Waals surface area contributed by atoms with Gasteiger partial charge >= 0.3 is 0 Å². The van der Waals surface area contributed by atoms with Crippen molar-refractivity contribution in [3.8, 4) is 22.8 Å². The Morgan fingerprint density at radius 2 is 1.50 bits per heavy atom. The molecule has 5 fully saturated rings. The monoisotopic (exact) mass is 782 g/mol. The molecule has 12 heteroatoms. The van der Waals surface area contributed by atoms with Gasteiger partial charge in [0.1, 0.15) is 23.6 Å². The molecule has 1 saturated carbocycles. The number of imide groups is 1. The minimum Gasteiger partial charge on any atom is -0.507 e. The number of piperidine rings is 2. The average Bonchev–Trinajstić information content (AvgIpc) is 3.79. The van der Waals surface area contributed by atoms with Crippen LogP contribution >= 0.6 is 0 Å². The molecule has 0 spiro atoms. The number of phenolic OH excluding ortho intramolecular Hbond substituents is 1. The van der Waals surface area contributed by atoms with Crippen LogP contribution in [0.4, 0.5) is 22.9 Å². The van der Waals surface area contributed by atoms with Gasteiger partial charge in [0.05, 0.1) is 11.4 Å². The molecule has 4 aromatic rings.